The van der Waals surface area contributed by atoms with Gasteiger partial charge in [-0.2, -0.15) is 5.21 Å². The van der Waals surface area contributed by atoms with Gasteiger partial charge in [0.05, 0.1) is 13.0 Å². The Balaban J connectivity index is 2.28. The number of allylic oxidation sites excluding steroid dienone is 1. The van der Waals surface area contributed by atoms with Crippen molar-refractivity contribution in [3.8, 4) is 0 Å². The Labute approximate surface area is 98.3 Å². The Kier molecular flexibility index (Phi) is 4.84. The van der Waals surface area contributed by atoms with Gasteiger partial charge in [0.2, 0.25) is 4.77 Å². The van der Waals surface area contributed by atoms with Crippen LogP contribution in [-0.2, 0) is 16.1 Å². The van der Waals surface area contributed by atoms with E-state index in [9.17, 15) is 4.79 Å². The normalized spacial score (nSPS) is 9.88. The Hall–Kier alpha value is -1.50. The molecule has 6 nitrogen and oxygen atoms in total. The van der Waals surface area contributed by atoms with E-state index in [1.54, 1.807) is 0 Å². The van der Waals surface area contributed by atoms with Crippen LogP contribution in [0, 0.1) is 4.77 Å². The standard InChI is InChI=1S/C9H14N4O2S/c1-7(2)4-6-15-8(14)3-5-13-9(16)10-11-12-13/h4H,3,5-6H2,1-2H3,(H,10,12,16). The predicted molar refractivity (Wildman–Crippen MR) is 60.2 cm³/mol. The van der Waals surface area contributed by atoms with Gasteiger partial charge in [-0.15, -0.1) is 0 Å². The fourth-order valence-corrected chi connectivity index (χ4v) is 1.11. The van der Waals surface area contributed by atoms with Gasteiger partial charge < -0.3 is 4.74 Å². The molecule has 0 aromatic carbocycles. The van der Waals surface area contributed by atoms with Gasteiger partial charge in [-0.25, -0.2) is 4.68 Å². The molecular formula is C9H14N4O2S. The summed E-state index contributed by atoms with van der Waals surface area (Å²) >= 11 is 4.86. The number of aromatic nitrogens is 4. The summed E-state index contributed by atoms with van der Waals surface area (Å²) in [7, 11) is 0. The Bertz CT molecular complexity index is 431. The number of esters is 1. The first-order chi connectivity index (χ1) is 7.59. The molecule has 1 N–H and O–H groups in total. The molecule has 0 bridgehead atoms. The summed E-state index contributed by atoms with van der Waals surface area (Å²) in [4.78, 5) is 11.3. The molecule has 1 heterocycles. The molecule has 0 radical (unpaired) electrons. The number of ether oxygens (including phenoxy) is 1. The number of nitrogens with zero attached hydrogens (tertiary/aromatic N) is 3. The Morgan fingerprint density at radius 3 is 2.94 bits per heavy atom. The van der Waals surface area contributed by atoms with Crippen molar-refractivity contribution in [2.75, 3.05) is 6.61 Å². The van der Waals surface area contributed by atoms with Crippen LogP contribution in [0.3, 0.4) is 0 Å². The summed E-state index contributed by atoms with van der Waals surface area (Å²) in [6.45, 7) is 4.61. The molecule has 16 heavy (non-hydrogen) atoms. The molecule has 0 unspecified atom stereocenters. The molecular weight excluding hydrogens is 228 g/mol. The minimum Gasteiger partial charge on any atom is -0.461 e. The average molecular weight is 242 g/mol. The van der Waals surface area contributed by atoms with Gasteiger partial charge in [-0.3, -0.25) is 4.79 Å². The fraction of sp³-hybridized carbons (Fsp3) is 0.556. The fourth-order valence-electron chi connectivity index (χ4n) is 0.938. The first-order valence-electron chi connectivity index (χ1n) is 4.86. The van der Waals surface area contributed by atoms with E-state index in [0.29, 0.717) is 17.9 Å². The van der Waals surface area contributed by atoms with Crippen LogP contribution in [-0.4, -0.2) is 32.8 Å². The second kappa shape index (κ2) is 6.16. The molecule has 0 fully saturated rings. The minimum absolute atomic E-state index is 0.245. The number of carbonyl (C=O) groups excluding carboxylic acids is 1. The zero-order valence-electron chi connectivity index (χ0n) is 9.27. The van der Waals surface area contributed by atoms with Crippen molar-refractivity contribution in [3.05, 3.63) is 16.4 Å². The van der Waals surface area contributed by atoms with Gasteiger partial charge in [-0.05, 0) is 32.1 Å². The maximum Gasteiger partial charge on any atom is 0.307 e. The van der Waals surface area contributed by atoms with Crippen molar-refractivity contribution < 1.29 is 9.53 Å². The van der Waals surface area contributed by atoms with Crippen LogP contribution in [0.15, 0.2) is 11.6 Å². The largest absolute Gasteiger partial charge is 0.461 e. The van der Waals surface area contributed by atoms with E-state index in [-0.39, 0.29) is 12.4 Å². The van der Waals surface area contributed by atoms with Crippen molar-refractivity contribution >= 4 is 18.2 Å². The second-order valence-corrected chi connectivity index (χ2v) is 3.81. The van der Waals surface area contributed by atoms with E-state index in [0.717, 1.165) is 5.57 Å². The monoisotopic (exact) mass is 242 g/mol. The summed E-state index contributed by atoms with van der Waals surface area (Å²) in [6.07, 6.45) is 2.09. The number of nitrogens with one attached hydrogen (secondary N) is 1. The van der Waals surface area contributed by atoms with E-state index >= 15 is 0 Å². The van der Waals surface area contributed by atoms with Gasteiger partial charge in [0.1, 0.15) is 6.61 Å². The highest BCUT2D eigenvalue weighted by Gasteiger charge is 2.03. The molecule has 1 aromatic rings. The van der Waals surface area contributed by atoms with Gasteiger partial charge in [0.15, 0.2) is 0 Å². The highest BCUT2D eigenvalue weighted by molar-refractivity contribution is 7.71. The first-order valence-corrected chi connectivity index (χ1v) is 5.27. The molecule has 0 saturated heterocycles. The van der Waals surface area contributed by atoms with Crippen molar-refractivity contribution in [3.63, 3.8) is 0 Å². The quantitative estimate of drug-likeness (QED) is 0.477. The SMILES string of the molecule is CC(C)=CCOC(=O)CCn1[nH]nnc1=S. The minimum atomic E-state index is -0.269. The number of hydrogen-bond donors (Lipinski definition) is 1. The van der Waals surface area contributed by atoms with Crippen LogP contribution in [0.5, 0.6) is 0 Å². The van der Waals surface area contributed by atoms with E-state index in [1.807, 2.05) is 19.9 Å². The zero-order valence-corrected chi connectivity index (χ0v) is 10.1. The molecule has 0 spiro atoms. The lowest BCUT2D eigenvalue weighted by atomic mass is 10.3. The number of H-pyrrole nitrogens is 1. The molecule has 0 aliphatic heterocycles. The smallest absolute Gasteiger partial charge is 0.307 e. The Morgan fingerprint density at radius 1 is 1.62 bits per heavy atom. The molecule has 1 rings (SSSR count). The van der Waals surface area contributed by atoms with Crippen molar-refractivity contribution in [2.45, 2.75) is 26.8 Å². The maximum absolute atomic E-state index is 11.3. The maximum atomic E-state index is 11.3. The lowest BCUT2D eigenvalue weighted by molar-refractivity contribution is -0.142. The molecule has 0 aliphatic rings. The number of aryl methyl sites for hydroxylation is 1. The Morgan fingerprint density at radius 2 is 2.38 bits per heavy atom. The van der Waals surface area contributed by atoms with Crippen LogP contribution < -0.4 is 0 Å². The third-order valence-corrected chi connectivity index (χ3v) is 2.11. The third-order valence-electron chi connectivity index (χ3n) is 1.81. The summed E-state index contributed by atoms with van der Waals surface area (Å²) in [5.41, 5.74) is 1.12. The number of tetrazole rings is 1. The van der Waals surface area contributed by atoms with Crippen molar-refractivity contribution in [2.24, 2.45) is 0 Å². The summed E-state index contributed by atoms with van der Waals surface area (Å²) < 4.78 is 6.82. The van der Waals surface area contributed by atoms with Gasteiger partial charge in [0, 0.05) is 0 Å². The van der Waals surface area contributed by atoms with Crippen molar-refractivity contribution in [1.29, 1.82) is 0 Å². The van der Waals surface area contributed by atoms with Crippen molar-refractivity contribution in [1.82, 2.24) is 20.2 Å². The summed E-state index contributed by atoms with van der Waals surface area (Å²) in [5, 5.41) is 9.66. The summed E-state index contributed by atoms with van der Waals surface area (Å²) in [6, 6.07) is 0. The van der Waals surface area contributed by atoms with E-state index < -0.39 is 0 Å². The number of carbonyl (C=O) groups is 1. The molecule has 0 aliphatic carbocycles. The lowest BCUT2D eigenvalue weighted by Gasteiger charge is -2.02. The van der Waals surface area contributed by atoms with E-state index in [1.165, 1.54) is 4.68 Å². The van der Waals surface area contributed by atoms with Gasteiger partial charge in [-0.1, -0.05) is 15.9 Å². The van der Waals surface area contributed by atoms with Crippen LogP contribution in [0.2, 0.25) is 0 Å². The topological polar surface area (TPSA) is 72.8 Å². The molecule has 0 atom stereocenters. The van der Waals surface area contributed by atoms with Crippen LogP contribution in [0.25, 0.3) is 0 Å². The lowest BCUT2D eigenvalue weighted by Crippen LogP contribution is -2.10. The van der Waals surface area contributed by atoms with E-state index in [4.69, 9.17) is 17.0 Å². The second-order valence-electron chi connectivity index (χ2n) is 3.45. The molecule has 0 amide bonds. The number of aromatic amines is 1. The molecule has 7 heteroatoms. The zero-order chi connectivity index (χ0) is 12.0. The average Bonchev–Trinajstić information content (AvgIpc) is 2.60. The highest BCUT2D eigenvalue weighted by Crippen LogP contribution is 1.94. The number of hydrogen-bond acceptors (Lipinski definition) is 5. The molecule has 88 valence electrons. The first kappa shape index (κ1) is 12.6. The molecule has 0 saturated carbocycles. The third kappa shape index (κ3) is 4.35. The van der Waals surface area contributed by atoms with E-state index in [2.05, 4.69) is 15.5 Å². The van der Waals surface area contributed by atoms with Crippen LogP contribution in [0.4, 0.5) is 0 Å². The predicted octanol–water partition coefficient (Wildman–Crippen LogP) is 1.24. The molecule has 1 aromatic heterocycles. The van der Waals surface area contributed by atoms with Gasteiger partial charge >= 0.3 is 5.97 Å². The summed E-state index contributed by atoms with van der Waals surface area (Å²) in [5.74, 6) is -0.269. The highest BCUT2D eigenvalue weighted by atomic mass is 32.1. The van der Waals surface area contributed by atoms with Gasteiger partial charge in [0.25, 0.3) is 0 Å². The van der Waals surface area contributed by atoms with Crippen LogP contribution in [0.1, 0.15) is 20.3 Å². The van der Waals surface area contributed by atoms with Crippen LogP contribution >= 0.6 is 12.2 Å². The number of rotatable bonds is 5.